The molecule has 0 saturated carbocycles. The average Bonchev–Trinajstić information content (AvgIpc) is 1.99. The Hall–Kier alpha value is -0.870. The van der Waals surface area contributed by atoms with E-state index < -0.39 is 5.41 Å². The molecule has 4 nitrogen and oxygen atoms in total. The molecule has 0 radical (unpaired) electrons. The van der Waals surface area contributed by atoms with E-state index in [1.54, 1.807) is 20.8 Å². The van der Waals surface area contributed by atoms with Crippen molar-refractivity contribution in [3.05, 3.63) is 16.4 Å². The van der Waals surface area contributed by atoms with Crippen molar-refractivity contribution in [1.29, 1.82) is 0 Å². The summed E-state index contributed by atoms with van der Waals surface area (Å²) >= 11 is 11.3. The van der Waals surface area contributed by atoms with E-state index in [4.69, 9.17) is 23.2 Å². The molecule has 1 aromatic heterocycles. The summed E-state index contributed by atoms with van der Waals surface area (Å²) < 4.78 is 0. The van der Waals surface area contributed by atoms with E-state index in [1.165, 1.54) is 6.07 Å². The molecule has 0 saturated heterocycles. The van der Waals surface area contributed by atoms with E-state index in [-0.39, 0.29) is 22.2 Å². The Labute approximate surface area is 98.0 Å². The van der Waals surface area contributed by atoms with E-state index in [0.29, 0.717) is 0 Å². The van der Waals surface area contributed by atoms with E-state index >= 15 is 0 Å². The number of hydrogen-bond donors (Lipinski definition) is 1. The summed E-state index contributed by atoms with van der Waals surface area (Å²) in [6.45, 7) is 5.36. The van der Waals surface area contributed by atoms with Gasteiger partial charge in [-0.15, -0.1) is 0 Å². The second-order valence-corrected chi connectivity index (χ2v) is 4.82. The molecule has 0 fully saturated rings. The number of nitrogens with zero attached hydrogens (tertiary/aromatic N) is 2. The van der Waals surface area contributed by atoms with Crippen LogP contribution in [0.1, 0.15) is 20.8 Å². The van der Waals surface area contributed by atoms with E-state index in [1.807, 2.05) is 0 Å². The molecule has 1 rings (SSSR count). The molecular weight excluding hydrogens is 237 g/mol. The lowest BCUT2D eigenvalue weighted by Gasteiger charge is -2.16. The molecule has 1 aromatic rings. The topological polar surface area (TPSA) is 54.9 Å². The first-order chi connectivity index (χ1) is 6.79. The zero-order valence-electron chi connectivity index (χ0n) is 8.64. The monoisotopic (exact) mass is 247 g/mol. The summed E-state index contributed by atoms with van der Waals surface area (Å²) in [4.78, 5) is 19.2. The van der Waals surface area contributed by atoms with E-state index in [0.717, 1.165) is 0 Å². The highest BCUT2D eigenvalue weighted by molar-refractivity contribution is 6.33. The number of carbonyl (C=O) groups excluding carboxylic acids is 1. The lowest BCUT2D eigenvalue weighted by molar-refractivity contribution is -0.123. The summed E-state index contributed by atoms with van der Waals surface area (Å²) in [7, 11) is 0. The summed E-state index contributed by atoms with van der Waals surface area (Å²) in [5.41, 5.74) is -0.516. The summed E-state index contributed by atoms with van der Waals surface area (Å²) in [6.07, 6.45) is 0. The van der Waals surface area contributed by atoms with Crippen LogP contribution in [0.3, 0.4) is 0 Å². The van der Waals surface area contributed by atoms with Crippen LogP contribution in [0.5, 0.6) is 0 Å². The number of hydrogen-bond acceptors (Lipinski definition) is 3. The standard InChI is InChI=1S/C9H11Cl2N3O/c1-9(2,3)7(15)14-8-12-5(10)4-6(11)13-8/h4H,1-3H3,(H,12,13,14,15). The van der Waals surface area contributed by atoms with Crippen molar-refractivity contribution in [2.24, 2.45) is 5.41 Å². The number of aromatic nitrogens is 2. The number of nitrogens with one attached hydrogen (secondary N) is 1. The molecule has 1 heterocycles. The Morgan fingerprint density at radius 2 is 1.73 bits per heavy atom. The van der Waals surface area contributed by atoms with Crippen LogP contribution in [0.15, 0.2) is 6.07 Å². The summed E-state index contributed by atoms with van der Waals surface area (Å²) in [5, 5.41) is 2.92. The lowest BCUT2D eigenvalue weighted by atomic mass is 9.96. The summed E-state index contributed by atoms with van der Waals surface area (Å²) in [5.74, 6) is -0.0757. The number of carbonyl (C=O) groups is 1. The molecule has 0 aliphatic carbocycles. The van der Waals surface area contributed by atoms with Gasteiger partial charge in [-0.3, -0.25) is 10.1 Å². The maximum atomic E-state index is 11.6. The van der Waals surface area contributed by atoms with Gasteiger partial charge in [-0.05, 0) is 0 Å². The fourth-order valence-corrected chi connectivity index (χ4v) is 1.16. The van der Waals surface area contributed by atoms with Crippen molar-refractivity contribution in [2.45, 2.75) is 20.8 Å². The predicted octanol–water partition coefficient (Wildman–Crippen LogP) is 2.77. The van der Waals surface area contributed by atoms with Crippen LogP contribution < -0.4 is 5.32 Å². The molecule has 0 bridgehead atoms. The third kappa shape index (κ3) is 3.64. The minimum Gasteiger partial charge on any atom is -0.294 e. The highest BCUT2D eigenvalue weighted by atomic mass is 35.5. The second kappa shape index (κ2) is 4.33. The molecule has 1 N–H and O–H groups in total. The van der Waals surface area contributed by atoms with Crippen LogP contribution in [0.25, 0.3) is 0 Å². The van der Waals surface area contributed by atoms with Gasteiger partial charge in [0.05, 0.1) is 0 Å². The fraction of sp³-hybridized carbons (Fsp3) is 0.444. The minimum absolute atomic E-state index is 0.118. The molecule has 1 amide bonds. The van der Waals surface area contributed by atoms with Gasteiger partial charge in [-0.2, -0.15) is 0 Å². The van der Waals surface area contributed by atoms with Gasteiger partial charge in [0.1, 0.15) is 10.3 Å². The molecule has 6 heteroatoms. The SMILES string of the molecule is CC(C)(C)C(=O)Nc1nc(Cl)cc(Cl)n1. The van der Waals surface area contributed by atoms with Crippen LogP contribution in [0, 0.1) is 5.41 Å². The van der Waals surface area contributed by atoms with Crippen LogP contribution in [0.2, 0.25) is 10.3 Å². The van der Waals surface area contributed by atoms with Gasteiger partial charge >= 0.3 is 0 Å². The molecule has 15 heavy (non-hydrogen) atoms. The molecule has 0 unspecified atom stereocenters. The smallest absolute Gasteiger partial charge is 0.232 e. The number of halogens is 2. The third-order valence-electron chi connectivity index (χ3n) is 1.57. The molecule has 0 spiro atoms. The summed E-state index contributed by atoms with van der Waals surface area (Å²) in [6, 6.07) is 1.40. The van der Waals surface area contributed by atoms with Gasteiger partial charge in [0, 0.05) is 11.5 Å². The van der Waals surface area contributed by atoms with Crippen molar-refractivity contribution >= 4 is 35.1 Å². The Bertz CT molecular complexity index is 367. The van der Waals surface area contributed by atoms with Gasteiger partial charge < -0.3 is 0 Å². The van der Waals surface area contributed by atoms with E-state index in [9.17, 15) is 4.79 Å². The van der Waals surface area contributed by atoms with Crippen molar-refractivity contribution in [3.63, 3.8) is 0 Å². The molecule has 82 valence electrons. The largest absolute Gasteiger partial charge is 0.294 e. The van der Waals surface area contributed by atoms with Gasteiger partial charge in [0.15, 0.2) is 0 Å². The Morgan fingerprint density at radius 3 is 2.13 bits per heavy atom. The first kappa shape index (κ1) is 12.2. The van der Waals surface area contributed by atoms with Crippen molar-refractivity contribution < 1.29 is 4.79 Å². The van der Waals surface area contributed by atoms with Crippen LogP contribution in [-0.4, -0.2) is 15.9 Å². The van der Waals surface area contributed by atoms with Crippen molar-refractivity contribution in [2.75, 3.05) is 5.32 Å². The molecule has 0 aromatic carbocycles. The molecule has 0 aliphatic heterocycles. The second-order valence-electron chi connectivity index (χ2n) is 4.04. The average molecular weight is 248 g/mol. The van der Waals surface area contributed by atoms with Crippen LogP contribution in [-0.2, 0) is 4.79 Å². The number of rotatable bonds is 1. The quantitative estimate of drug-likeness (QED) is 0.777. The normalized spacial score (nSPS) is 11.3. The van der Waals surface area contributed by atoms with Crippen LogP contribution >= 0.6 is 23.2 Å². The minimum atomic E-state index is -0.516. The van der Waals surface area contributed by atoms with Gasteiger partial charge in [0.25, 0.3) is 0 Å². The van der Waals surface area contributed by atoms with E-state index in [2.05, 4.69) is 15.3 Å². The van der Waals surface area contributed by atoms with Crippen molar-refractivity contribution in [3.8, 4) is 0 Å². The Balaban J connectivity index is 2.86. The maximum Gasteiger partial charge on any atom is 0.232 e. The molecule has 0 atom stereocenters. The first-order valence-corrected chi connectivity index (χ1v) is 5.06. The predicted molar refractivity (Wildman–Crippen MR) is 60.1 cm³/mol. The third-order valence-corrected chi connectivity index (χ3v) is 1.96. The lowest BCUT2D eigenvalue weighted by Crippen LogP contribution is -2.28. The highest BCUT2D eigenvalue weighted by Gasteiger charge is 2.22. The molecule has 0 aliphatic rings. The highest BCUT2D eigenvalue weighted by Crippen LogP contribution is 2.18. The first-order valence-electron chi connectivity index (χ1n) is 4.30. The zero-order chi connectivity index (χ0) is 11.6. The maximum absolute atomic E-state index is 11.6. The zero-order valence-corrected chi connectivity index (χ0v) is 10.1. The Morgan fingerprint density at radius 1 is 1.27 bits per heavy atom. The number of anilines is 1. The number of amides is 1. The van der Waals surface area contributed by atoms with Crippen molar-refractivity contribution in [1.82, 2.24) is 9.97 Å². The van der Waals surface area contributed by atoms with Gasteiger partial charge in [0.2, 0.25) is 11.9 Å². The van der Waals surface area contributed by atoms with Gasteiger partial charge in [-0.25, -0.2) is 9.97 Å². The fourth-order valence-electron chi connectivity index (χ4n) is 0.735. The molecular formula is C9H11Cl2N3O. The van der Waals surface area contributed by atoms with Crippen LogP contribution in [0.4, 0.5) is 5.95 Å². The Kier molecular flexibility index (Phi) is 3.52. The van der Waals surface area contributed by atoms with Gasteiger partial charge in [-0.1, -0.05) is 44.0 Å².